The second-order valence-electron chi connectivity index (χ2n) is 3.89. The Morgan fingerprint density at radius 3 is 2.76 bits per heavy atom. The molecule has 0 spiro atoms. The molecule has 0 saturated carbocycles. The third-order valence-corrected chi connectivity index (χ3v) is 4.08. The van der Waals surface area contributed by atoms with E-state index in [0.717, 1.165) is 10.5 Å². The molecule has 0 radical (unpaired) electrons. The average molecular weight is 321 g/mol. The van der Waals surface area contributed by atoms with Crippen molar-refractivity contribution in [3.8, 4) is 0 Å². The molecule has 0 fully saturated rings. The number of amides is 1. The molecule has 0 saturated heterocycles. The summed E-state index contributed by atoms with van der Waals surface area (Å²) in [6.45, 7) is 0. The van der Waals surface area contributed by atoms with Gasteiger partial charge in [-0.05, 0) is 29.0 Å². The molecule has 1 aromatic heterocycles. The first-order chi connectivity index (χ1) is 10.1. The maximum atomic E-state index is 11.6. The van der Waals surface area contributed by atoms with Gasteiger partial charge in [0.05, 0.1) is 16.9 Å². The lowest BCUT2D eigenvalue weighted by Crippen LogP contribution is -2.19. The standard InChI is InChI=1S/C13H11N3O3S2/c17-13(15-14-7-10-5-6-20-8-10)9-21-12-3-1-11(2-4-12)16(18)19/h1-8H,9H2,(H,15,17). The Hall–Kier alpha value is -2.19. The summed E-state index contributed by atoms with van der Waals surface area (Å²) < 4.78 is 0. The van der Waals surface area contributed by atoms with Crippen LogP contribution in [0.5, 0.6) is 0 Å². The predicted molar refractivity (Wildman–Crippen MR) is 83.9 cm³/mol. The maximum absolute atomic E-state index is 11.6. The number of nitrogens with zero attached hydrogens (tertiary/aromatic N) is 2. The molecule has 108 valence electrons. The van der Waals surface area contributed by atoms with Crippen molar-refractivity contribution in [1.82, 2.24) is 5.43 Å². The van der Waals surface area contributed by atoms with Gasteiger partial charge in [0.15, 0.2) is 0 Å². The molecule has 0 aliphatic rings. The number of rotatable bonds is 6. The fraction of sp³-hybridized carbons (Fsp3) is 0.0769. The molecule has 0 aliphatic carbocycles. The van der Waals surface area contributed by atoms with Crippen molar-refractivity contribution in [2.24, 2.45) is 5.10 Å². The van der Waals surface area contributed by atoms with Crippen LogP contribution in [0.4, 0.5) is 5.69 Å². The fourth-order valence-corrected chi connectivity index (χ4v) is 2.67. The Morgan fingerprint density at radius 2 is 2.14 bits per heavy atom. The number of thioether (sulfide) groups is 1. The zero-order chi connectivity index (χ0) is 15.1. The molecule has 2 rings (SSSR count). The highest BCUT2D eigenvalue weighted by Gasteiger charge is 2.06. The number of nitrogens with one attached hydrogen (secondary N) is 1. The summed E-state index contributed by atoms with van der Waals surface area (Å²) in [5, 5.41) is 18.2. The van der Waals surface area contributed by atoms with Crippen LogP contribution in [0.1, 0.15) is 5.56 Å². The van der Waals surface area contributed by atoms with Gasteiger partial charge in [0, 0.05) is 22.6 Å². The topological polar surface area (TPSA) is 84.6 Å². The predicted octanol–water partition coefficient (Wildman–Crippen LogP) is 2.90. The molecule has 6 nitrogen and oxygen atoms in total. The lowest BCUT2D eigenvalue weighted by molar-refractivity contribution is -0.384. The van der Waals surface area contributed by atoms with E-state index in [0.29, 0.717) is 0 Å². The van der Waals surface area contributed by atoms with Crippen molar-refractivity contribution in [1.29, 1.82) is 0 Å². The van der Waals surface area contributed by atoms with E-state index in [1.54, 1.807) is 29.7 Å². The highest BCUT2D eigenvalue weighted by molar-refractivity contribution is 8.00. The van der Waals surface area contributed by atoms with E-state index in [4.69, 9.17) is 0 Å². The first-order valence-corrected chi connectivity index (χ1v) is 7.79. The number of carbonyl (C=O) groups excluding carboxylic acids is 1. The molecule has 2 aromatic rings. The number of hydrogen-bond acceptors (Lipinski definition) is 6. The van der Waals surface area contributed by atoms with Gasteiger partial charge in [-0.2, -0.15) is 16.4 Å². The molecule has 0 atom stereocenters. The van der Waals surface area contributed by atoms with Crippen molar-refractivity contribution in [3.63, 3.8) is 0 Å². The largest absolute Gasteiger partial charge is 0.272 e. The summed E-state index contributed by atoms with van der Waals surface area (Å²) in [5.41, 5.74) is 3.39. The smallest absolute Gasteiger partial charge is 0.269 e. The lowest BCUT2D eigenvalue weighted by Gasteiger charge is -2.00. The van der Waals surface area contributed by atoms with E-state index in [2.05, 4.69) is 10.5 Å². The van der Waals surface area contributed by atoms with Gasteiger partial charge in [-0.3, -0.25) is 14.9 Å². The minimum atomic E-state index is -0.458. The van der Waals surface area contributed by atoms with Crippen molar-refractivity contribution < 1.29 is 9.72 Å². The molecule has 1 amide bonds. The molecule has 0 unspecified atom stereocenters. The van der Waals surface area contributed by atoms with Gasteiger partial charge in [0.25, 0.3) is 5.69 Å². The van der Waals surface area contributed by atoms with Crippen LogP contribution in [-0.4, -0.2) is 22.8 Å². The van der Waals surface area contributed by atoms with Crippen LogP contribution in [0.2, 0.25) is 0 Å². The molecule has 8 heteroatoms. The minimum Gasteiger partial charge on any atom is -0.272 e. The number of benzene rings is 1. The highest BCUT2D eigenvalue weighted by atomic mass is 32.2. The van der Waals surface area contributed by atoms with Gasteiger partial charge in [-0.15, -0.1) is 11.8 Å². The first-order valence-electron chi connectivity index (χ1n) is 5.86. The third kappa shape index (κ3) is 5.01. The molecule has 21 heavy (non-hydrogen) atoms. The van der Waals surface area contributed by atoms with Crippen molar-refractivity contribution >= 4 is 40.9 Å². The van der Waals surface area contributed by atoms with E-state index in [9.17, 15) is 14.9 Å². The zero-order valence-electron chi connectivity index (χ0n) is 10.8. The number of nitro groups is 1. The van der Waals surface area contributed by atoms with Gasteiger partial charge < -0.3 is 0 Å². The summed E-state index contributed by atoms with van der Waals surface area (Å²) in [6, 6.07) is 7.95. The summed E-state index contributed by atoms with van der Waals surface area (Å²) in [6.07, 6.45) is 1.57. The van der Waals surface area contributed by atoms with E-state index < -0.39 is 4.92 Å². The van der Waals surface area contributed by atoms with Gasteiger partial charge >= 0.3 is 0 Å². The SMILES string of the molecule is O=C(CSc1ccc([N+](=O)[O-])cc1)NN=Cc1ccsc1. The van der Waals surface area contributed by atoms with Crippen LogP contribution in [-0.2, 0) is 4.79 Å². The van der Waals surface area contributed by atoms with E-state index >= 15 is 0 Å². The normalized spacial score (nSPS) is 10.7. The second-order valence-corrected chi connectivity index (χ2v) is 5.72. The molecule has 1 N–H and O–H groups in total. The van der Waals surface area contributed by atoms with Crippen LogP contribution >= 0.6 is 23.1 Å². The van der Waals surface area contributed by atoms with Gasteiger partial charge in [0.1, 0.15) is 0 Å². The maximum Gasteiger partial charge on any atom is 0.269 e. The molecule has 1 heterocycles. The Labute approximate surface area is 129 Å². The lowest BCUT2D eigenvalue weighted by atomic mass is 10.3. The Bertz CT molecular complexity index is 639. The average Bonchev–Trinajstić information content (AvgIpc) is 2.99. The number of hydrogen-bond donors (Lipinski definition) is 1. The fourth-order valence-electron chi connectivity index (χ4n) is 1.37. The monoisotopic (exact) mass is 321 g/mol. The highest BCUT2D eigenvalue weighted by Crippen LogP contribution is 2.20. The van der Waals surface area contributed by atoms with E-state index in [1.807, 2.05) is 16.8 Å². The van der Waals surface area contributed by atoms with Gasteiger partial charge in [-0.1, -0.05) is 0 Å². The number of nitro benzene ring substituents is 1. The minimum absolute atomic E-state index is 0.0316. The van der Waals surface area contributed by atoms with Crippen LogP contribution in [0.25, 0.3) is 0 Å². The van der Waals surface area contributed by atoms with Crippen molar-refractivity contribution in [2.75, 3.05) is 5.75 Å². The number of carbonyl (C=O) groups is 1. The quantitative estimate of drug-likeness (QED) is 0.384. The Kier molecular flexibility index (Phi) is 5.47. The van der Waals surface area contributed by atoms with Crippen LogP contribution in [0, 0.1) is 10.1 Å². The first kappa shape index (κ1) is 15.2. The Morgan fingerprint density at radius 1 is 1.38 bits per heavy atom. The van der Waals surface area contributed by atoms with Crippen molar-refractivity contribution in [2.45, 2.75) is 4.90 Å². The third-order valence-electron chi connectivity index (χ3n) is 2.36. The van der Waals surface area contributed by atoms with Crippen molar-refractivity contribution in [3.05, 3.63) is 56.8 Å². The summed E-state index contributed by atoms with van der Waals surface area (Å²) in [5.74, 6) is -0.0384. The van der Waals surface area contributed by atoms with E-state index in [1.165, 1.54) is 23.9 Å². The van der Waals surface area contributed by atoms with Gasteiger partial charge in [0.2, 0.25) is 5.91 Å². The molecule has 1 aromatic carbocycles. The summed E-state index contributed by atoms with van der Waals surface area (Å²) in [7, 11) is 0. The molecular weight excluding hydrogens is 310 g/mol. The Balaban J connectivity index is 1.77. The molecule has 0 bridgehead atoms. The van der Waals surface area contributed by atoms with E-state index in [-0.39, 0.29) is 17.3 Å². The van der Waals surface area contributed by atoms with Gasteiger partial charge in [-0.25, -0.2) is 5.43 Å². The number of non-ortho nitro benzene ring substituents is 1. The van der Waals surface area contributed by atoms with Crippen LogP contribution < -0.4 is 5.43 Å². The summed E-state index contributed by atoms with van der Waals surface area (Å²) >= 11 is 2.84. The zero-order valence-corrected chi connectivity index (χ0v) is 12.4. The second kappa shape index (κ2) is 7.55. The van der Waals surface area contributed by atoms with Crippen LogP contribution in [0.15, 0.2) is 51.1 Å². The summed E-state index contributed by atoms with van der Waals surface area (Å²) in [4.78, 5) is 22.4. The number of thiophene rings is 1. The molecule has 0 aliphatic heterocycles. The van der Waals surface area contributed by atoms with Crippen LogP contribution in [0.3, 0.4) is 0 Å². The number of hydrazone groups is 1. The molecular formula is C13H11N3O3S2.